The summed E-state index contributed by atoms with van der Waals surface area (Å²) in [6, 6.07) is 8.04. The van der Waals surface area contributed by atoms with Gasteiger partial charge in [-0.3, -0.25) is 0 Å². The third kappa shape index (κ3) is 4.84. The molecule has 1 rings (SSSR count). The van der Waals surface area contributed by atoms with Gasteiger partial charge in [-0.25, -0.2) is 0 Å². The molecule has 0 radical (unpaired) electrons. The Morgan fingerprint density at radius 1 is 1.23 bits per heavy atom. The van der Waals surface area contributed by atoms with Crippen molar-refractivity contribution in [3.05, 3.63) is 34.9 Å². The van der Waals surface area contributed by atoms with E-state index in [9.17, 15) is 0 Å². The van der Waals surface area contributed by atoms with Gasteiger partial charge in [0.2, 0.25) is 0 Å². The Labute approximate surface area is 94.5 Å². The number of thioether (sulfide) groups is 1. The van der Waals surface area contributed by atoms with Crippen LogP contribution in [0, 0.1) is 0 Å². The first-order valence-corrected chi connectivity index (χ1v) is 6.42. The van der Waals surface area contributed by atoms with Crippen molar-refractivity contribution < 1.29 is 0 Å². The van der Waals surface area contributed by atoms with Gasteiger partial charge in [0.15, 0.2) is 0 Å². The summed E-state index contributed by atoms with van der Waals surface area (Å²) in [5.41, 5.74) is 1.34. The Morgan fingerprint density at radius 3 is 2.54 bits per heavy atom. The second-order valence-electron chi connectivity index (χ2n) is 2.76. The molecule has 0 bridgehead atoms. The van der Waals surface area contributed by atoms with E-state index in [1.54, 1.807) is 0 Å². The molecule has 0 fully saturated rings. The number of thiol groups is 1. The van der Waals surface area contributed by atoms with Crippen LogP contribution in [0.5, 0.6) is 0 Å². The lowest BCUT2D eigenvalue weighted by molar-refractivity contribution is 1.13. The second kappa shape index (κ2) is 6.63. The van der Waals surface area contributed by atoms with Crippen molar-refractivity contribution in [1.82, 2.24) is 0 Å². The fourth-order valence-corrected chi connectivity index (χ4v) is 2.36. The van der Waals surface area contributed by atoms with Gasteiger partial charge >= 0.3 is 0 Å². The molecule has 3 heteroatoms. The van der Waals surface area contributed by atoms with Crippen LogP contribution in [0.1, 0.15) is 12.0 Å². The lowest BCUT2D eigenvalue weighted by Crippen LogP contribution is -1.84. The maximum atomic E-state index is 5.78. The van der Waals surface area contributed by atoms with Crippen LogP contribution in [0.25, 0.3) is 0 Å². The average molecular weight is 233 g/mol. The quantitative estimate of drug-likeness (QED) is 0.594. The van der Waals surface area contributed by atoms with Crippen molar-refractivity contribution in [2.45, 2.75) is 12.2 Å². The number of hydrogen-bond donors (Lipinski definition) is 1. The Bertz CT molecular complexity index is 233. The molecule has 0 aliphatic rings. The maximum absolute atomic E-state index is 5.78. The minimum atomic E-state index is 0.809. The third-order valence-corrected chi connectivity index (χ3v) is 3.31. The highest BCUT2D eigenvalue weighted by molar-refractivity contribution is 7.98. The molecular formula is C10H13ClS2. The predicted octanol–water partition coefficient (Wildman–Crippen LogP) is 3.89. The van der Waals surface area contributed by atoms with Gasteiger partial charge in [-0.05, 0) is 35.6 Å². The van der Waals surface area contributed by atoms with E-state index in [0.717, 1.165) is 16.5 Å². The van der Waals surface area contributed by atoms with Crippen LogP contribution in [0.3, 0.4) is 0 Å². The SMILES string of the molecule is SCCCSCc1ccc(Cl)cc1. The molecule has 72 valence electrons. The summed E-state index contributed by atoms with van der Waals surface area (Å²) in [6.45, 7) is 0. The number of benzene rings is 1. The zero-order valence-electron chi connectivity index (χ0n) is 7.37. The van der Waals surface area contributed by atoms with Crippen LogP contribution >= 0.6 is 36.0 Å². The van der Waals surface area contributed by atoms with E-state index in [1.807, 2.05) is 23.9 Å². The fourth-order valence-electron chi connectivity index (χ4n) is 0.937. The first kappa shape index (κ1) is 11.3. The van der Waals surface area contributed by atoms with E-state index >= 15 is 0 Å². The molecule has 0 nitrogen and oxygen atoms in total. The number of hydrogen-bond acceptors (Lipinski definition) is 2. The molecule has 0 spiro atoms. The first-order chi connectivity index (χ1) is 6.33. The Morgan fingerprint density at radius 2 is 1.92 bits per heavy atom. The highest BCUT2D eigenvalue weighted by atomic mass is 35.5. The van der Waals surface area contributed by atoms with Gasteiger partial charge in [-0.15, -0.1) is 0 Å². The van der Waals surface area contributed by atoms with Crippen molar-refractivity contribution in [1.29, 1.82) is 0 Å². The van der Waals surface area contributed by atoms with Crippen LogP contribution in [0.4, 0.5) is 0 Å². The van der Waals surface area contributed by atoms with E-state index in [4.69, 9.17) is 11.6 Å². The van der Waals surface area contributed by atoms with E-state index in [0.29, 0.717) is 0 Å². The normalized spacial score (nSPS) is 10.3. The Hall–Kier alpha value is 0.210. The van der Waals surface area contributed by atoms with E-state index in [1.165, 1.54) is 17.7 Å². The number of halogens is 1. The van der Waals surface area contributed by atoms with Crippen molar-refractivity contribution in [3.8, 4) is 0 Å². The van der Waals surface area contributed by atoms with Crippen molar-refractivity contribution in [2.75, 3.05) is 11.5 Å². The first-order valence-electron chi connectivity index (χ1n) is 4.26. The molecular weight excluding hydrogens is 220 g/mol. The van der Waals surface area contributed by atoms with Crippen molar-refractivity contribution >= 4 is 36.0 Å². The van der Waals surface area contributed by atoms with Gasteiger partial charge in [-0.1, -0.05) is 23.7 Å². The van der Waals surface area contributed by atoms with Gasteiger partial charge in [0.1, 0.15) is 0 Å². The van der Waals surface area contributed by atoms with Crippen LogP contribution < -0.4 is 0 Å². The Balaban J connectivity index is 2.25. The molecule has 13 heavy (non-hydrogen) atoms. The predicted molar refractivity (Wildman–Crippen MR) is 66.1 cm³/mol. The highest BCUT2D eigenvalue weighted by Gasteiger charge is 1.93. The molecule has 1 aromatic rings. The zero-order chi connectivity index (χ0) is 9.52. The van der Waals surface area contributed by atoms with Gasteiger partial charge in [0.05, 0.1) is 0 Å². The topological polar surface area (TPSA) is 0 Å². The van der Waals surface area contributed by atoms with Gasteiger partial charge in [-0.2, -0.15) is 24.4 Å². The lowest BCUT2D eigenvalue weighted by atomic mass is 10.2. The molecule has 0 amide bonds. The molecule has 0 heterocycles. The summed E-state index contributed by atoms with van der Waals surface area (Å²) in [5, 5.41) is 0.809. The van der Waals surface area contributed by atoms with Crippen LogP contribution in [-0.2, 0) is 5.75 Å². The largest absolute Gasteiger partial charge is 0.179 e. The van der Waals surface area contributed by atoms with E-state index < -0.39 is 0 Å². The van der Waals surface area contributed by atoms with Gasteiger partial charge in [0, 0.05) is 10.8 Å². The second-order valence-corrected chi connectivity index (χ2v) is 4.75. The summed E-state index contributed by atoms with van der Waals surface area (Å²) in [5.74, 6) is 3.24. The maximum Gasteiger partial charge on any atom is 0.0406 e. The molecule has 0 aliphatic heterocycles. The van der Waals surface area contributed by atoms with Crippen molar-refractivity contribution in [3.63, 3.8) is 0 Å². The number of rotatable bonds is 5. The summed E-state index contributed by atoms with van der Waals surface area (Å²) in [4.78, 5) is 0. The standard InChI is InChI=1S/C10H13ClS2/c11-10-4-2-9(3-5-10)8-13-7-1-6-12/h2-5,12H,1,6-8H2. The third-order valence-electron chi connectivity index (χ3n) is 1.63. The van der Waals surface area contributed by atoms with Crippen molar-refractivity contribution in [2.24, 2.45) is 0 Å². The van der Waals surface area contributed by atoms with Crippen LogP contribution in [-0.4, -0.2) is 11.5 Å². The fraction of sp³-hybridized carbons (Fsp3) is 0.400. The summed E-state index contributed by atoms with van der Waals surface area (Å²) >= 11 is 11.9. The molecule has 0 saturated heterocycles. The molecule has 0 N–H and O–H groups in total. The minimum absolute atomic E-state index is 0.809. The molecule has 0 atom stereocenters. The van der Waals surface area contributed by atoms with Crippen LogP contribution in [0.2, 0.25) is 5.02 Å². The summed E-state index contributed by atoms with van der Waals surface area (Å²) in [6.07, 6.45) is 1.18. The van der Waals surface area contributed by atoms with Crippen LogP contribution in [0.15, 0.2) is 24.3 Å². The zero-order valence-corrected chi connectivity index (χ0v) is 9.84. The highest BCUT2D eigenvalue weighted by Crippen LogP contribution is 2.15. The minimum Gasteiger partial charge on any atom is -0.179 e. The summed E-state index contributed by atoms with van der Waals surface area (Å²) < 4.78 is 0. The smallest absolute Gasteiger partial charge is 0.0406 e. The van der Waals surface area contributed by atoms with E-state index in [-0.39, 0.29) is 0 Å². The monoisotopic (exact) mass is 232 g/mol. The Kier molecular flexibility index (Phi) is 5.76. The van der Waals surface area contributed by atoms with Gasteiger partial charge < -0.3 is 0 Å². The van der Waals surface area contributed by atoms with Gasteiger partial charge in [0.25, 0.3) is 0 Å². The molecule has 0 aliphatic carbocycles. The average Bonchev–Trinajstić information content (AvgIpc) is 2.15. The van der Waals surface area contributed by atoms with E-state index in [2.05, 4.69) is 24.8 Å². The molecule has 1 aromatic carbocycles. The lowest BCUT2D eigenvalue weighted by Gasteiger charge is -2.00. The molecule has 0 unspecified atom stereocenters. The molecule has 0 saturated carbocycles. The molecule has 0 aromatic heterocycles. The summed E-state index contributed by atoms with van der Waals surface area (Å²) in [7, 11) is 0.